The topological polar surface area (TPSA) is 96.4 Å². The highest BCUT2D eigenvalue weighted by Crippen LogP contribution is 2.15. The Labute approximate surface area is 172 Å². The number of nitrogens with one attached hydrogen (secondary N) is 2. The average molecular weight is 398 g/mol. The third-order valence-corrected chi connectivity index (χ3v) is 4.38. The minimum atomic E-state index is -0.682. The number of ether oxygens (including phenoxy) is 1. The lowest BCUT2D eigenvalue weighted by Gasteiger charge is -2.08. The van der Waals surface area contributed by atoms with Crippen LogP contribution in [0.1, 0.15) is 21.6 Å². The Morgan fingerprint density at radius 2 is 1.47 bits per heavy atom. The first-order valence-corrected chi connectivity index (χ1v) is 9.30. The van der Waals surface area contributed by atoms with Crippen LogP contribution >= 0.6 is 0 Å². The third-order valence-electron chi connectivity index (χ3n) is 4.38. The van der Waals surface area contributed by atoms with E-state index < -0.39 is 18.5 Å². The molecule has 1 heterocycles. The van der Waals surface area contributed by atoms with Gasteiger partial charge >= 0.3 is 5.97 Å². The number of hydrogen-bond acceptors (Lipinski definition) is 5. The standard InChI is InChI=1S/C23H18N4O3/c28-20(15-30-23(29)22-18-13-7-8-14-19(18)24-27-22)25-26-21(16-9-3-1-4-10-16)17-11-5-2-6-12-17/h1-14H,15H2,(H,24,27)(H,25,28). The largest absolute Gasteiger partial charge is 0.451 e. The van der Waals surface area contributed by atoms with Crippen LogP contribution in [0.4, 0.5) is 0 Å². The number of carbonyl (C=O) groups is 2. The Kier molecular flexibility index (Phi) is 5.61. The summed E-state index contributed by atoms with van der Waals surface area (Å²) in [5.41, 5.74) is 5.62. The van der Waals surface area contributed by atoms with E-state index in [0.717, 1.165) is 11.1 Å². The first-order chi connectivity index (χ1) is 14.7. The molecule has 0 bridgehead atoms. The van der Waals surface area contributed by atoms with E-state index in [1.165, 1.54) is 0 Å². The molecule has 0 aliphatic rings. The zero-order chi connectivity index (χ0) is 20.8. The van der Waals surface area contributed by atoms with Crippen molar-refractivity contribution in [3.63, 3.8) is 0 Å². The summed E-state index contributed by atoms with van der Waals surface area (Å²) in [6.45, 7) is -0.472. The molecule has 1 amide bonds. The number of benzene rings is 3. The number of para-hydroxylation sites is 1. The molecule has 4 rings (SSSR count). The number of aromatic amines is 1. The van der Waals surface area contributed by atoms with Crippen molar-refractivity contribution in [1.29, 1.82) is 0 Å². The van der Waals surface area contributed by atoms with Gasteiger partial charge in [0.25, 0.3) is 5.91 Å². The lowest BCUT2D eigenvalue weighted by Crippen LogP contribution is -2.26. The molecule has 148 valence electrons. The van der Waals surface area contributed by atoms with Crippen molar-refractivity contribution >= 4 is 28.5 Å². The summed E-state index contributed by atoms with van der Waals surface area (Å²) in [4.78, 5) is 24.5. The first-order valence-electron chi connectivity index (χ1n) is 9.30. The SMILES string of the molecule is O=C(COC(=O)c1n[nH]c2ccccc12)NN=C(c1ccccc1)c1ccccc1. The minimum Gasteiger partial charge on any atom is -0.451 e. The van der Waals surface area contributed by atoms with E-state index in [1.807, 2.05) is 66.7 Å². The fraction of sp³-hybridized carbons (Fsp3) is 0.0435. The van der Waals surface area contributed by atoms with Crippen LogP contribution in [0.3, 0.4) is 0 Å². The second-order valence-corrected chi connectivity index (χ2v) is 6.42. The summed E-state index contributed by atoms with van der Waals surface area (Å²) in [6.07, 6.45) is 0. The van der Waals surface area contributed by atoms with Crippen molar-refractivity contribution in [3.05, 3.63) is 102 Å². The van der Waals surface area contributed by atoms with E-state index in [-0.39, 0.29) is 5.69 Å². The molecule has 3 aromatic carbocycles. The van der Waals surface area contributed by atoms with Crippen LogP contribution in [0.2, 0.25) is 0 Å². The number of hydrogen-bond donors (Lipinski definition) is 2. The van der Waals surface area contributed by atoms with Gasteiger partial charge in [0.05, 0.1) is 11.2 Å². The number of H-pyrrole nitrogens is 1. The summed E-state index contributed by atoms with van der Waals surface area (Å²) in [7, 11) is 0. The Hall–Kier alpha value is -4.26. The number of rotatable bonds is 6. The number of nitrogens with zero attached hydrogens (tertiary/aromatic N) is 2. The van der Waals surface area contributed by atoms with Gasteiger partial charge in [0, 0.05) is 16.5 Å². The van der Waals surface area contributed by atoms with Crippen LogP contribution in [0.15, 0.2) is 90.0 Å². The Balaban J connectivity index is 1.44. The average Bonchev–Trinajstić information content (AvgIpc) is 3.23. The van der Waals surface area contributed by atoms with Crippen LogP contribution in [-0.2, 0) is 9.53 Å². The van der Waals surface area contributed by atoms with Crippen LogP contribution in [-0.4, -0.2) is 34.4 Å². The highest BCUT2D eigenvalue weighted by molar-refractivity contribution is 6.13. The molecule has 0 saturated heterocycles. The fourth-order valence-corrected chi connectivity index (χ4v) is 2.96. The molecular weight excluding hydrogens is 380 g/mol. The van der Waals surface area contributed by atoms with Gasteiger partial charge in [-0.3, -0.25) is 9.89 Å². The zero-order valence-corrected chi connectivity index (χ0v) is 15.9. The van der Waals surface area contributed by atoms with Crippen molar-refractivity contribution in [2.75, 3.05) is 6.61 Å². The van der Waals surface area contributed by atoms with Crippen molar-refractivity contribution in [2.45, 2.75) is 0 Å². The van der Waals surface area contributed by atoms with Gasteiger partial charge in [-0.25, -0.2) is 10.2 Å². The molecule has 0 saturated carbocycles. The van der Waals surface area contributed by atoms with Gasteiger partial charge in [0.15, 0.2) is 12.3 Å². The van der Waals surface area contributed by atoms with Crippen LogP contribution in [0, 0.1) is 0 Å². The summed E-state index contributed by atoms with van der Waals surface area (Å²) in [6, 6.07) is 26.2. The maximum Gasteiger partial charge on any atom is 0.359 e. The highest BCUT2D eigenvalue weighted by Gasteiger charge is 2.17. The smallest absolute Gasteiger partial charge is 0.359 e. The van der Waals surface area contributed by atoms with Gasteiger partial charge in [-0.15, -0.1) is 0 Å². The molecule has 0 radical (unpaired) electrons. The van der Waals surface area contributed by atoms with Crippen LogP contribution < -0.4 is 5.43 Å². The molecule has 0 spiro atoms. The molecule has 0 unspecified atom stereocenters. The predicted octanol–water partition coefficient (Wildman–Crippen LogP) is 3.29. The molecular formula is C23H18N4O3. The molecule has 0 aliphatic heterocycles. The molecule has 2 N–H and O–H groups in total. The Morgan fingerprint density at radius 3 is 2.13 bits per heavy atom. The highest BCUT2D eigenvalue weighted by atomic mass is 16.5. The summed E-state index contributed by atoms with van der Waals surface area (Å²) in [5, 5.41) is 11.6. The zero-order valence-electron chi connectivity index (χ0n) is 15.9. The van der Waals surface area contributed by atoms with E-state index >= 15 is 0 Å². The lowest BCUT2D eigenvalue weighted by atomic mass is 10.0. The number of aromatic nitrogens is 2. The predicted molar refractivity (Wildman–Crippen MR) is 113 cm³/mol. The number of amides is 1. The van der Waals surface area contributed by atoms with Crippen molar-refractivity contribution in [3.8, 4) is 0 Å². The summed E-state index contributed by atoms with van der Waals surface area (Å²) in [5.74, 6) is -1.23. The molecule has 7 heteroatoms. The van der Waals surface area contributed by atoms with Gasteiger partial charge in [0.1, 0.15) is 0 Å². The van der Waals surface area contributed by atoms with E-state index in [0.29, 0.717) is 16.6 Å². The Bertz CT molecular complexity index is 1160. The molecule has 0 fully saturated rings. The molecule has 0 aliphatic carbocycles. The number of hydrazone groups is 1. The van der Waals surface area contributed by atoms with Gasteiger partial charge in [-0.1, -0.05) is 78.9 Å². The molecule has 1 aromatic heterocycles. The maximum absolute atomic E-state index is 12.3. The molecule has 7 nitrogen and oxygen atoms in total. The van der Waals surface area contributed by atoms with E-state index in [4.69, 9.17) is 4.74 Å². The molecule has 30 heavy (non-hydrogen) atoms. The first kappa shape index (κ1) is 19.1. The van der Waals surface area contributed by atoms with Gasteiger partial charge in [0.2, 0.25) is 0 Å². The number of esters is 1. The van der Waals surface area contributed by atoms with E-state index in [9.17, 15) is 9.59 Å². The van der Waals surface area contributed by atoms with Gasteiger partial charge in [-0.05, 0) is 6.07 Å². The number of carbonyl (C=O) groups excluding carboxylic acids is 2. The monoisotopic (exact) mass is 398 g/mol. The minimum absolute atomic E-state index is 0.135. The van der Waals surface area contributed by atoms with Crippen molar-refractivity contribution in [2.24, 2.45) is 5.10 Å². The third kappa shape index (κ3) is 4.25. The van der Waals surface area contributed by atoms with E-state index in [2.05, 4.69) is 20.7 Å². The van der Waals surface area contributed by atoms with E-state index in [1.54, 1.807) is 18.2 Å². The lowest BCUT2D eigenvalue weighted by molar-refractivity contribution is -0.124. The van der Waals surface area contributed by atoms with Crippen molar-refractivity contribution < 1.29 is 14.3 Å². The molecule has 0 atom stereocenters. The quantitative estimate of drug-likeness (QED) is 0.296. The second-order valence-electron chi connectivity index (χ2n) is 6.42. The Morgan fingerprint density at radius 1 is 0.867 bits per heavy atom. The van der Waals surface area contributed by atoms with Gasteiger partial charge in [-0.2, -0.15) is 10.2 Å². The summed E-state index contributed by atoms with van der Waals surface area (Å²) >= 11 is 0. The normalized spacial score (nSPS) is 10.4. The maximum atomic E-state index is 12.3. The number of fused-ring (bicyclic) bond motifs is 1. The van der Waals surface area contributed by atoms with Gasteiger partial charge < -0.3 is 4.74 Å². The summed E-state index contributed by atoms with van der Waals surface area (Å²) < 4.78 is 5.10. The molecule has 4 aromatic rings. The van der Waals surface area contributed by atoms with Crippen LogP contribution in [0.25, 0.3) is 10.9 Å². The van der Waals surface area contributed by atoms with Crippen LogP contribution in [0.5, 0.6) is 0 Å². The second kappa shape index (κ2) is 8.83. The fourth-order valence-electron chi connectivity index (χ4n) is 2.96. The van der Waals surface area contributed by atoms with Crippen molar-refractivity contribution in [1.82, 2.24) is 15.6 Å².